The highest BCUT2D eigenvalue weighted by Gasteiger charge is 2.12. The summed E-state index contributed by atoms with van der Waals surface area (Å²) in [6.07, 6.45) is 2.01. The van der Waals surface area contributed by atoms with Crippen molar-refractivity contribution in [2.24, 2.45) is 0 Å². The molecule has 168 valence electrons. The van der Waals surface area contributed by atoms with Crippen molar-refractivity contribution in [1.82, 2.24) is 5.32 Å². The zero-order chi connectivity index (χ0) is 23.1. The van der Waals surface area contributed by atoms with Crippen LogP contribution in [0.15, 0.2) is 51.7 Å². The second-order valence-electron chi connectivity index (χ2n) is 7.59. The monoisotopic (exact) mass is 437 g/mol. The van der Waals surface area contributed by atoms with E-state index in [1.54, 1.807) is 30.3 Å². The normalized spacial score (nSPS) is 10.7. The molecule has 7 nitrogen and oxygen atoms in total. The van der Waals surface area contributed by atoms with Crippen molar-refractivity contribution in [2.75, 3.05) is 13.2 Å². The highest BCUT2D eigenvalue weighted by molar-refractivity contribution is 5.96. The van der Waals surface area contributed by atoms with Crippen LogP contribution in [0.3, 0.4) is 0 Å². The van der Waals surface area contributed by atoms with Crippen LogP contribution in [-0.4, -0.2) is 25.0 Å². The molecule has 0 saturated carbocycles. The smallest absolute Gasteiger partial charge is 0.336 e. The van der Waals surface area contributed by atoms with Crippen molar-refractivity contribution in [3.05, 3.63) is 75.1 Å². The quantitative estimate of drug-likeness (QED) is 0.308. The number of amides is 1. The molecule has 1 heterocycles. The SMILES string of the molecule is CCCCOc1ccc(C(=O)NCC(=O)OCc2cc(=O)oc3cc(C)c(C)cc23)cc1. The number of benzene rings is 2. The van der Waals surface area contributed by atoms with E-state index in [0.717, 1.165) is 24.0 Å². The fourth-order valence-electron chi connectivity index (χ4n) is 3.10. The zero-order valence-electron chi connectivity index (χ0n) is 18.5. The van der Waals surface area contributed by atoms with Crippen molar-refractivity contribution in [3.8, 4) is 5.75 Å². The van der Waals surface area contributed by atoms with Gasteiger partial charge < -0.3 is 19.2 Å². The first-order valence-corrected chi connectivity index (χ1v) is 10.6. The molecule has 2 aromatic carbocycles. The lowest BCUT2D eigenvalue weighted by molar-refractivity contribution is -0.143. The molecule has 0 atom stereocenters. The zero-order valence-corrected chi connectivity index (χ0v) is 18.5. The molecule has 7 heteroatoms. The molecule has 0 aliphatic carbocycles. The van der Waals surface area contributed by atoms with Crippen molar-refractivity contribution in [1.29, 1.82) is 0 Å². The summed E-state index contributed by atoms with van der Waals surface area (Å²) in [6.45, 7) is 6.22. The highest BCUT2D eigenvalue weighted by Crippen LogP contribution is 2.22. The molecule has 0 aliphatic heterocycles. The van der Waals surface area contributed by atoms with Gasteiger partial charge in [0.25, 0.3) is 5.91 Å². The second-order valence-corrected chi connectivity index (χ2v) is 7.59. The first-order valence-electron chi connectivity index (χ1n) is 10.6. The number of hydrogen-bond donors (Lipinski definition) is 1. The summed E-state index contributed by atoms with van der Waals surface area (Å²) in [4.78, 5) is 36.2. The number of unbranched alkanes of at least 4 members (excludes halogenated alkanes) is 1. The molecular weight excluding hydrogens is 410 g/mol. The number of hydrogen-bond acceptors (Lipinski definition) is 6. The van der Waals surface area contributed by atoms with Gasteiger partial charge in [-0.05, 0) is 67.8 Å². The van der Waals surface area contributed by atoms with Crippen LogP contribution in [0, 0.1) is 13.8 Å². The topological polar surface area (TPSA) is 94.8 Å². The predicted octanol–water partition coefficient (Wildman–Crippen LogP) is 4.06. The Morgan fingerprint density at radius 1 is 1.03 bits per heavy atom. The van der Waals surface area contributed by atoms with Gasteiger partial charge in [-0.1, -0.05) is 13.3 Å². The number of carbonyl (C=O) groups excluding carboxylic acids is 2. The second kappa shape index (κ2) is 10.6. The third-order valence-electron chi connectivity index (χ3n) is 5.11. The molecule has 0 spiro atoms. The molecule has 3 rings (SSSR count). The van der Waals surface area contributed by atoms with Crippen LogP contribution in [0.2, 0.25) is 0 Å². The lowest BCUT2D eigenvalue weighted by atomic mass is 10.0. The van der Waals surface area contributed by atoms with Crippen LogP contribution in [0.5, 0.6) is 5.75 Å². The number of nitrogens with one attached hydrogen (secondary N) is 1. The molecule has 1 amide bonds. The standard InChI is InChI=1S/C25H27NO6/c1-4-5-10-30-20-8-6-18(7-9-20)25(29)26-14-24(28)31-15-19-13-23(27)32-22-12-17(3)16(2)11-21(19)22/h6-9,11-13H,4-5,10,14-15H2,1-3H3,(H,26,29). The molecule has 0 saturated heterocycles. The van der Waals surface area contributed by atoms with Gasteiger partial charge in [-0.25, -0.2) is 4.79 Å². The van der Waals surface area contributed by atoms with E-state index in [0.29, 0.717) is 34.5 Å². The Labute approximate surface area is 186 Å². The fraction of sp³-hybridized carbons (Fsp3) is 0.320. The Kier molecular flexibility index (Phi) is 7.65. The van der Waals surface area contributed by atoms with Gasteiger partial charge >= 0.3 is 11.6 Å². The van der Waals surface area contributed by atoms with E-state index in [2.05, 4.69) is 12.2 Å². The maximum absolute atomic E-state index is 12.3. The van der Waals surface area contributed by atoms with Crippen LogP contribution in [-0.2, 0) is 16.1 Å². The molecule has 1 N–H and O–H groups in total. The Morgan fingerprint density at radius 2 is 1.75 bits per heavy atom. The van der Waals surface area contributed by atoms with E-state index < -0.39 is 11.6 Å². The van der Waals surface area contributed by atoms with Crippen LogP contribution >= 0.6 is 0 Å². The van der Waals surface area contributed by atoms with Gasteiger partial charge in [-0.15, -0.1) is 0 Å². The van der Waals surface area contributed by atoms with E-state index >= 15 is 0 Å². The van der Waals surface area contributed by atoms with Crippen LogP contribution in [0.1, 0.15) is 46.8 Å². The molecule has 0 unspecified atom stereocenters. The Hall–Kier alpha value is -3.61. The summed E-state index contributed by atoms with van der Waals surface area (Å²) in [5.74, 6) is -0.304. The van der Waals surface area contributed by atoms with Gasteiger partial charge in [-0.2, -0.15) is 0 Å². The van der Waals surface area contributed by atoms with E-state index in [1.807, 2.05) is 19.9 Å². The van der Waals surface area contributed by atoms with E-state index in [4.69, 9.17) is 13.9 Å². The van der Waals surface area contributed by atoms with Gasteiger partial charge in [0, 0.05) is 22.6 Å². The number of rotatable bonds is 9. The van der Waals surface area contributed by atoms with Gasteiger partial charge in [0.1, 0.15) is 24.5 Å². The number of carbonyl (C=O) groups is 2. The van der Waals surface area contributed by atoms with Gasteiger partial charge in [0.15, 0.2) is 0 Å². The molecule has 0 radical (unpaired) electrons. The van der Waals surface area contributed by atoms with E-state index in [1.165, 1.54) is 6.07 Å². The summed E-state index contributed by atoms with van der Waals surface area (Å²) >= 11 is 0. The minimum atomic E-state index is -0.608. The maximum atomic E-state index is 12.3. The highest BCUT2D eigenvalue weighted by atomic mass is 16.5. The number of esters is 1. The minimum Gasteiger partial charge on any atom is -0.494 e. The Morgan fingerprint density at radius 3 is 2.47 bits per heavy atom. The summed E-state index contributed by atoms with van der Waals surface area (Å²) in [7, 11) is 0. The van der Waals surface area contributed by atoms with Crippen molar-refractivity contribution in [3.63, 3.8) is 0 Å². The average Bonchev–Trinajstić information content (AvgIpc) is 2.77. The lowest BCUT2D eigenvalue weighted by Crippen LogP contribution is -2.30. The molecule has 0 bridgehead atoms. The maximum Gasteiger partial charge on any atom is 0.336 e. The number of aryl methyl sites for hydroxylation is 2. The van der Waals surface area contributed by atoms with E-state index in [9.17, 15) is 14.4 Å². The number of ether oxygens (including phenoxy) is 2. The van der Waals surface area contributed by atoms with Gasteiger partial charge in [0.05, 0.1) is 6.61 Å². The largest absolute Gasteiger partial charge is 0.494 e. The molecular formula is C25H27NO6. The van der Waals surface area contributed by atoms with Gasteiger partial charge in [0.2, 0.25) is 0 Å². The predicted molar refractivity (Wildman–Crippen MR) is 121 cm³/mol. The van der Waals surface area contributed by atoms with Crippen molar-refractivity contribution < 1.29 is 23.5 Å². The summed E-state index contributed by atoms with van der Waals surface area (Å²) < 4.78 is 16.1. The fourth-order valence-corrected chi connectivity index (χ4v) is 3.10. The van der Waals surface area contributed by atoms with Crippen molar-refractivity contribution >= 4 is 22.8 Å². The van der Waals surface area contributed by atoms with Crippen LogP contribution in [0.4, 0.5) is 0 Å². The van der Waals surface area contributed by atoms with Crippen LogP contribution in [0.25, 0.3) is 11.0 Å². The molecule has 1 aromatic heterocycles. The summed E-state index contributed by atoms with van der Waals surface area (Å²) in [5, 5.41) is 3.25. The van der Waals surface area contributed by atoms with E-state index in [-0.39, 0.29) is 19.1 Å². The third kappa shape index (κ3) is 5.97. The molecule has 3 aromatic rings. The summed E-state index contributed by atoms with van der Waals surface area (Å²) in [6, 6.07) is 11.7. The minimum absolute atomic E-state index is 0.0941. The lowest BCUT2D eigenvalue weighted by Gasteiger charge is -2.10. The molecule has 32 heavy (non-hydrogen) atoms. The molecule has 0 fully saturated rings. The molecule has 0 aliphatic rings. The van der Waals surface area contributed by atoms with Crippen molar-refractivity contribution in [2.45, 2.75) is 40.2 Å². The summed E-state index contributed by atoms with van der Waals surface area (Å²) in [5.41, 5.74) is 2.94. The first kappa shape index (κ1) is 23.1. The third-order valence-corrected chi connectivity index (χ3v) is 5.11. The Balaban J connectivity index is 1.55. The Bertz CT molecular complexity index is 1160. The number of fused-ring (bicyclic) bond motifs is 1. The first-order chi connectivity index (χ1) is 15.4. The van der Waals surface area contributed by atoms with Crippen LogP contribution < -0.4 is 15.7 Å². The van der Waals surface area contributed by atoms with Gasteiger partial charge in [-0.3, -0.25) is 9.59 Å². The average molecular weight is 437 g/mol.